The molecule has 0 unspecified atom stereocenters. The van der Waals surface area contributed by atoms with Crippen molar-refractivity contribution in [2.24, 2.45) is 11.7 Å². The van der Waals surface area contributed by atoms with Gasteiger partial charge >= 0.3 is 5.63 Å². The maximum atomic E-state index is 12.1. The number of aliphatic hydroxyl groups excluding tert-OH is 1. The average molecular weight is 422 g/mol. The van der Waals surface area contributed by atoms with Crippen molar-refractivity contribution in [3.8, 4) is 16.9 Å². The first kappa shape index (κ1) is 21.1. The van der Waals surface area contributed by atoms with Gasteiger partial charge in [-0.1, -0.05) is 30.3 Å². The van der Waals surface area contributed by atoms with E-state index in [2.05, 4.69) is 4.90 Å². The number of β-amino-alcohol motifs (C(OH)–C–C–N with tert-alkyl or cyclic N) is 1. The lowest BCUT2D eigenvalue weighted by Gasteiger charge is -2.31. The number of piperidine rings is 1. The van der Waals surface area contributed by atoms with Crippen molar-refractivity contribution >= 4 is 16.9 Å². The molecule has 0 spiro atoms. The lowest BCUT2D eigenvalue weighted by atomic mass is 9.96. The van der Waals surface area contributed by atoms with Gasteiger partial charge in [0.2, 0.25) is 5.91 Å². The van der Waals surface area contributed by atoms with Crippen LogP contribution in [0, 0.1) is 5.92 Å². The lowest BCUT2D eigenvalue weighted by Crippen LogP contribution is -2.43. The summed E-state index contributed by atoms with van der Waals surface area (Å²) in [7, 11) is 0. The molecule has 1 atom stereocenters. The third-order valence-electron chi connectivity index (χ3n) is 5.70. The normalized spacial score (nSPS) is 16.3. The number of carbonyl (C=O) groups excluding carboxylic acids is 1. The summed E-state index contributed by atoms with van der Waals surface area (Å²) in [5, 5.41) is 11.2. The van der Waals surface area contributed by atoms with Crippen molar-refractivity contribution in [2.45, 2.75) is 18.9 Å². The number of primary amides is 1. The molecule has 0 saturated carbocycles. The van der Waals surface area contributed by atoms with Gasteiger partial charge in [0.25, 0.3) is 0 Å². The zero-order valence-corrected chi connectivity index (χ0v) is 17.2. The van der Waals surface area contributed by atoms with E-state index in [1.165, 1.54) is 6.07 Å². The molecule has 1 aromatic heterocycles. The summed E-state index contributed by atoms with van der Waals surface area (Å²) in [5.41, 5.74) is 7.11. The van der Waals surface area contributed by atoms with E-state index in [0.29, 0.717) is 17.9 Å². The van der Waals surface area contributed by atoms with E-state index >= 15 is 0 Å². The number of nitrogens with two attached hydrogens (primary N) is 1. The van der Waals surface area contributed by atoms with Crippen molar-refractivity contribution in [1.29, 1.82) is 0 Å². The van der Waals surface area contributed by atoms with Crippen LogP contribution >= 0.6 is 0 Å². The van der Waals surface area contributed by atoms with Gasteiger partial charge in [-0.2, -0.15) is 0 Å². The van der Waals surface area contributed by atoms with E-state index < -0.39 is 11.7 Å². The molecule has 1 aliphatic rings. The van der Waals surface area contributed by atoms with Crippen molar-refractivity contribution in [1.82, 2.24) is 4.90 Å². The number of hydrogen-bond acceptors (Lipinski definition) is 6. The number of carbonyl (C=O) groups is 1. The van der Waals surface area contributed by atoms with Gasteiger partial charge in [0.05, 0.1) is 0 Å². The van der Waals surface area contributed by atoms with Crippen LogP contribution in [0.25, 0.3) is 22.1 Å². The maximum Gasteiger partial charge on any atom is 0.336 e. The molecule has 3 aromatic rings. The number of likely N-dealkylation sites (tertiary alicyclic amines) is 1. The minimum atomic E-state index is -0.677. The van der Waals surface area contributed by atoms with Crippen LogP contribution in [0.15, 0.2) is 63.8 Å². The second-order valence-corrected chi connectivity index (χ2v) is 7.95. The number of amides is 1. The smallest absolute Gasteiger partial charge is 0.336 e. The molecule has 1 amide bonds. The molecule has 3 N–H and O–H groups in total. The first-order valence-electron chi connectivity index (χ1n) is 10.5. The summed E-state index contributed by atoms with van der Waals surface area (Å²) in [6, 6.07) is 16.5. The highest BCUT2D eigenvalue weighted by Gasteiger charge is 2.24. The van der Waals surface area contributed by atoms with Crippen molar-refractivity contribution in [3.05, 3.63) is 65.0 Å². The summed E-state index contributed by atoms with van der Waals surface area (Å²) in [6.07, 6.45) is 0.760. The second kappa shape index (κ2) is 9.32. The Morgan fingerprint density at radius 2 is 1.90 bits per heavy atom. The van der Waals surface area contributed by atoms with E-state index in [-0.39, 0.29) is 18.4 Å². The van der Waals surface area contributed by atoms with E-state index in [0.717, 1.165) is 42.4 Å². The number of aliphatic hydroxyl groups is 1. The highest BCUT2D eigenvalue weighted by molar-refractivity contribution is 5.93. The Kier molecular flexibility index (Phi) is 6.34. The fraction of sp³-hybridized carbons (Fsp3) is 0.333. The van der Waals surface area contributed by atoms with Crippen molar-refractivity contribution < 1.29 is 19.1 Å². The number of benzene rings is 2. The monoisotopic (exact) mass is 422 g/mol. The van der Waals surface area contributed by atoms with Gasteiger partial charge in [0, 0.05) is 30.0 Å². The quantitative estimate of drug-likeness (QED) is 0.567. The zero-order valence-electron chi connectivity index (χ0n) is 17.2. The topological polar surface area (TPSA) is 106 Å². The molecule has 0 radical (unpaired) electrons. The Balaban J connectivity index is 1.40. The Morgan fingerprint density at radius 1 is 1.16 bits per heavy atom. The molecule has 2 heterocycles. The molecule has 4 rings (SSSR count). The third kappa shape index (κ3) is 5.13. The van der Waals surface area contributed by atoms with Crippen LogP contribution in [0.4, 0.5) is 0 Å². The molecule has 162 valence electrons. The summed E-state index contributed by atoms with van der Waals surface area (Å²) in [4.78, 5) is 25.4. The van der Waals surface area contributed by atoms with Crippen LogP contribution in [-0.2, 0) is 4.79 Å². The minimum absolute atomic E-state index is 0.0716. The van der Waals surface area contributed by atoms with Crippen LogP contribution < -0.4 is 16.1 Å². The second-order valence-electron chi connectivity index (χ2n) is 7.95. The van der Waals surface area contributed by atoms with E-state index in [1.54, 1.807) is 12.1 Å². The van der Waals surface area contributed by atoms with Crippen LogP contribution in [0.3, 0.4) is 0 Å². The van der Waals surface area contributed by atoms with E-state index in [9.17, 15) is 14.7 Å². The first-order chi connectivity index (χ1) is 15.0. The molecule has 0 aliphatic carbocycles. The van der Waals surface area contributed by atoms with Gasteiger partial charge < -0.3 is 24.9 Å². The molecule has 2 aromatic carbocycles. The van der Waals surface area contributed by atoms with E-state index in [4.69, 9.17) is 14.9 Å². The average Bonchev–Trinajstić information content (AvgIpc) is 2.78. The molecule has 7 nitrogen and oxygen atoms in total. The van der Waals surface area contributed by atoms with Crippen LogP contribution in [0.5, 0.6) is 5.75 Å². The number of ether oxygens (including phenoxy) is 1. The highest BCUT2D eigenvalue weighted by Crippen LogP contribution is 2.29. The summed E-state index contributed by atoms with van der Waals surface area (Å²) < 4.78 is 11.1. The Hall–Kier alpha value is -3.16. The van der Waals surface area contributed by atoms with Crippen LogP contribution in [0.1, 0.15) is 12.8 Å². The lowest BCUT2D eigenvalue weighted by molar-refractivity contribution is -0.123. The molecular formula is C24H26N2O5. The summed E-state index contributed by atoms with van der Waals surface area (Å²) in [5.74, 6) is 0.201. The zero-order chi connectivity index (χ0) is 21.8. The largest absolute Gasteiger partial charge is 0.491 e. The van der Waals surface area contributed by atoms with Gasteiger partial charge in [-0.05, 0) is 49.2 Å². The van der Waals surface area contributed by atoms with Gasteiger partial charge in [-0.15, -0.1) is 0 Å². The Labute approximate surface area is 180 Å². The number of fused-ring (bicyclic) bond motifs is 1. The third-order valence-corrected chi connectivity index (χ3v) is 5.70. The van der Waals surface area contributed by atoms with Crippen LogP contribution in [-0.4, -0.2) is 48.3 Å². The molecule has 31 heavy (non-hydrogen) atoms. The van der Waals surface area contributed by atoms with Crippen LogP contribution in [0.2, 0.25) is 0 Å². The molecule has 1 saturated heterocycles. The van der Waals surface area contributed by atoms with Gasteiger partial charge in [0.1, 0.15) is 24.0 Å². The minimum Gasteiger partial charge on any atom is -0.491 e. The standard InChI is InChI=1S/C24H26N2O5/c25-24(29)17-8-10-26(11-9-17)14-18(27)15-30-19-6-7-20-21(16-4-2-1-3-5-16)13-23(28)31-22(20)12-19/h1-7,12-13,17-18,27H,8-11,14-15H2,(H2,25,29)/t18-/m0/s1. The first-order valence-corrected chi connectivity index (χ1v) is 10.5. The SMILES string of the molecule is NC(=O)C1CCN(C[C@H](O)COc2ccc3c(-c4ccccc4)cc(=O)oc3c2)CC1. The number of rotatable bonds is 7. The van der Waals surface area contributed by atoms with Gasteiger partial charge in [-0.25, -0.2) is 4.79 Å². The predicted octanol–water partition coefficient (Wildman–Crippen LogP) is 2.40. The summed E-state index contributed by atoms with van der Waals surface area (Å²) >= 11 is 0. The summed E-state index contributed by atoms with van der Waals surface area (Å²) in [6.45, 7) is 2.04. The predicted molar refractivity (Wildman–Crippen MR) is 118 cm³/mol. The molecular weight excluding hydrogens is 396 g/mol. The highest BCUT2D eigenvalue weighted by atomic mass is 16.5. The fourth-order valence-corrected chi connectivity index (χ4v) is 4.03. The van der Waals surface area contributed by atoms with Crippen molar-refractivity contribution in [3.63, 3.8) is 0 Å². The molecule has 7 heteroatoms. The number of hydrogen-bond donors (Lipinski definition) is 2. The van der Waals surface area contributed by atoms with E-state index in [1.807, 2.05) is 36.4 Å². The Morgan fingerprint density at radius 3 is 2.61 bits per heavy atom. The fourth-order valence-electron chi connectivity index (χ4n) is 4.03. The molecule has 0 bridgehead atoms. The van der Waals surface area contributed by atoms with Gasteiger partial charge in [0.15, 0.2) is 0 Å². The Bertz CT molecular complexity index is 1100. The van der Waals surface area contributed by atoms with Crippen molar-refractivity contribution in [2.75, 3.05) is 26.2 Å². The molecule has 1 aliphatic heterocycles. The number of nitrogens with zero attached hydrogens (tertiary/aromatic N) is 1. The van der Waals surface area contributed by atoms with Gasteiger partial charge in [-0.3, -0.25) is 4.79 Å². The maximum absolute atomic E-state index is 12.1. The molecule has 1 fully saturated rings.